The quantitative estimate of drug-likeness (QED) is 0.466. The number of Topliss-reactive ketones (excluding diaryl/α,β-unsaturated/α-hetero) is 1. The van der Waals surface area contributed by atoms with E-state index in [1.54, 1.807) is 43.3 Å². The maximum Gasteiger partial charge on any atom is 0.342 e. The van der Waals surface area contributed by atoms with Gasteiger partial charge >= 0.3 is 5.97 Å². The molecule has 0 radical (unpaired) electrons. The fraction of sp³-hybridized carbons (Fsp3) is 0.250. The van der Waals surface area contributed by atoms with Crippen LogP contribution in [0, 0.1) is 0 Å². The molecule has 0 bridgehead atoms. The predicted octanol–water partition coefficient (Wildman–Crippen LogP) is 3.51. The number of amides is 1. The van der Waals surface area contributed by atoms with Gasteiger partial charge in [-0.2, -0.15) is 0 Å². The summed E-state index contributed by atoms with van der Waals surface area (Å²) in [4.78, 5) is 37.4. The molecule has 1 heterocycles. The van der Waals surface area contributed by atoms with Gasteiger partial charge in [0.2, 0.25) is 5.91 Å². The van der Waals surface area contributed by atoms with Crippen LogP contribution in [0.5, 0.6) is 5.75 Å². The van der Waals surface area contributed by atoms with Crippen LogP contribution in [0.4, 0.5) is 5.69 Å². The van der Waals surface area contributed by atoms with Crippen molar-refractivity contribution in [2.24, 2.45) is 0 Å². The molecule has 0 unspecified atom stereocenters. The molecule has 0 fully saturated rings. The van der Waals surface area contributed by atoms with Crippen molar-refractivity contribution in [2.45, 2.75) is 17.7 Å². The van der Waals surface area contributed by atoms with Crippen LogP contribution in [0.3, 0.4) is 0 Å². The van der Waals surface area contributed by atoms with Crippen LogP contribution in [0.15, 0.2) is 41.3 Å². The summed E-state index contributed by atoms with van der Waals surface area (Å²) in [6, 6.07) is 10.1. The highest BCUT2D eigenvalue weighted by Crippen LogP contribution is 2.32. The number of benzene rings is 2. The van der Waals surface area contributed by atoms with Crippen LogP contribution in [0.2, 0.25) is 0 Å². The summed E-state index contributed by atoms with van der Waals surface area (Å²) in [5, 5.41) is 2.76. The topological polar surface area (TPSA) is 81.7 Å². The summed E-state index contributed by atoms with van der Waals surface area (Å²) in [6.07, 6.45) is 1.92. The number of carbonyl (C=O) groups is 3. The van der Waals surface area contributed by atoms with E-state index < -0.39 is 5.97 Å². The van der Waals surface area contributed by atoms with Gasteiger partial charge < -0.3 is 14.8 Å². The molecular weight excluding hydrogens is 366 g/mol. The third kappa shape index (κ3) is 3.83. The summed E-state index contributed by atoms with van der Waals surface area (Å²) >= 11 is 1.53. The zero-order valence-electron chi connectivity index (χ0n) is 15.2. The zero-order chi connectivity index (χ0) is 19.6. The Morgan fingerprint density at radius 2 is 1.96 bits per heavy atom. The molecule has 3 rings (SSSR count). The van der Waals surface area contributed by atoms with Gasteiger partial charge in [-0.05, 0) is 55.1 Å². The van der Waals surface area contributed by atoms with E-state index in [0.717, 1.165) is 10.5 Å². The van der Waals surface area contributed by atoms with E-state index in [2.05, 4.69) is 5.32 Å². The monoisotopic (exact) mass is 385 g/mol. The Kier molecular flexibility index (Phi) is 5.51. The van der Waals surface area contributed by atoms with E-state index in [9.17, 15) is 14.4 Å². The molecule has 1 aliphatic heterocycles. The number of ether oxygens (including phenoxy) is 2. The molecular formula is C20H19NO5S. The van der Waals surface area contributed by atoms with Crippen molar-refractivity contribution < 1.29 is 23.9 Å². The fourth-order valence-corrected chi connectivity index (χ4v) is 3.28. The van der Waals surface area contributed by atoms with Crippen LogP contribution < -0.4 is 10.1 Å². The molecule has 1 atom stereocenters. The summed E-state index contributed by atoms with van der Waals surface area (Å²) in [7, 11) is 1.47. The summed E-state index contributed by atoms with van der Waals surface area (Å²) in [6.45, 7) is 1.39. The number of hydrogen-bond donors (Lipinski definition) is 1. The second-order valence-corrected chi connectivity index (χ2v) is 6.96. The number of hydrogen-bond acceptors (Lipinski definition) is 6. The number of fused-ring (bicyclic) bond motifs is 1. The highest BCUT2D eigenvalue weighted by atomic mass is 32.2. The van der Waals surface area contributed by atoms with Gasteiger partial charge in [0.15, 0.2) is 12.4 Å². The first-order valence-corrected chi connectivity index (χ1v) is 9.54. The maximum atomic E-state index is 12.4. The molecule has 6 nitrogen and oxygen atoms in total. The lowest BCUT2D eigenvalue weighted by molar-refractivity contribution is -0.116. The minimum atomic E-state index is -0.626. The average molecular weight is 385 g/mol. The third-order valence-corrected chi connectivity index (χ3v) is 5.18. The van der Waals surface area contributed by atoms with E-state index in [1.165, 1.54) is 18.9 Å². The van der Waals surface area contributed by atoms with Crippen LogP contribution in [0.25, 0.3) is 0 Å². The molecule has 0 saturated heterocycles. The molecule has 0 aromatic heterocycles. The van der Waals surface area contributed by atoms with E-state index in [1.807, 2.05) is 6.26 Å². The highest BCUT2D eigenvalue weighted by molar-refractivity contribution is 7.98. The number of anilines is 1. The van der Waals surface area contributed by atoms with Crippen molar-refractivity contribution in [1.82, 2.24) is 0 Å². The third-order valence-electron chi connectivity index (χ3n) is 4.45. The Hall–Kier alpha value is -2.80. The predicted molar refractivity (Wildman–Crippen MR) is 103 cm³/mol. The van der Waals surface area contributed by atoms with Gasteiger partial charge in [0.25, 0.3) is 0 Å². The number of carbonyl (C=O) groups excluding carboxylic acids is 3. The van der Waals surface area contributed by atoms with Crippen LogP contribution >= 0.6 is 11.8 Å². The average Bonchev–Trinajstić information content (AvgIpc) is 2.98. The Balaban J connectivity index is 1.70. The van der Waals surface area contributed by atoms with Crippen molar-refractivity contribution in [3.05, 3.63) is 53.1 Å². The van der Waals surface area contributed by atoms with Gasteiger partial charge in [-0.15, -0.1) is 11.8 Å². The molecule has 27 heavy (non-hydrogen) atoms. The molecule has 2 aromatic rings. The second kappa shape index (κ2) is 7.84. The molecule has 1 N–H and O–H groups in total. The molecule has 2 aromatic carbocycles. The number of methoxy groups -OCH3 is 1. The first-order valence-electron chi connectivity index (χ1n) is 8.31. The van der Waals surface area contributed by atoms with Crippen LogP contribution in [-0.4, -0.2) is 37.6 Å². The first-order chi connectivity index (χ1) is 12.9. The lowest BCUT2D eigenvalue weighted by atomic mass is 9.99. The van der Waals surface area contributed by atoms with Crippen molar-refractivity contribution in [2.75, 3.05) is 25.3 Å². The highest BCUT2D eigenvalue weighted by Gasteiger charge is 2.27. The minimum absolute atomic E-state index is 0.0955. The smallest absolute Gasteiger partial charge is 0.342 e. The van der Waals surface area contributed by atoms with Crippen LogP contribution in [0.1, 0.15) is 39.1 Å². The molecule has 0 aliphatic carbocycles. The lowest BCUT2D eigenvalue weighted by Gasteiger charge is -2.10. The van der Waals surface area contributed by atoms with E-state index in [0.29, 0.717) is 17.0 Å². The summed E-state index contributed by atoms with van der Waals surface area (Å²) < 4.78 is 10.4. The number of ketones is 1. The first kappa shape index (κ1) is 19.0. The molecule has 7 heteroatoms. The standard InChI is InChI=1S/C20H19NO5S/c1-11-15-8-12(4-7-16(15)21-19(11)23)17(22)10-26-20(24)14-6-5-13(27-3)9-18(14)25-2/h4-9,11H,10H2,1-3H3,(H,21,23)/t11-/m1/s1. The van der Waals surface area contributed by atoms with Crippen molar-refractivity contribution in [1.29, 1.82) is 0 Å². The SMILES string of the molecule is COc1cc(SC)ccc1C(=O)OCC(=O)c1ccc2c(c1)[C@@H](C)C(=O)N2. The second-order valence-electron chi connectivity index (χ2n) is 6.08. The largest absolute Gasteiger partial charge is 0.496 e. The van der Waals surface area contributed by atoms with Gasteiger partial charge in [-0.1, -0.05) is 0 Å². The normalized spacial score (nSPS) is 15.1. The van der Waals surface area contributed by atoms with Crippen molar-refractivity contribution >= 4 is 35.1 Å². The van der Waals surface area contributed by atoms with Gasteiger partial charge in [-0.3, -0.25) is 9.59 Å². The van der Waals surface area contributed by atoms with E-state index in [4.69, 9.17) is 9.47 Å². The minimum Gasteiger partial charge on any atom is -0.496 e. The van der Waals surface area contributed by atoms with E-state index >= 15 is 0 Å². The molecule has 0 spiro atoms. The fourth-order valence-electron chi connectivity index (χ4n) is 2.85. The zero-order valence-corrected chi connectivity index (χ0v) is 16.0. The van der Waals surface area contributed by atoms with E-state index in [-0.39, 0.29) is 29.8 Å². The number of esters is 1. The maximum absolute atomic E-state index is 12.4. The van der Waals surface area contributed by atoms with Gasteiger partial charge in [0, 0.05) is 16.1 Å². The number of thioether (sulfide) groups is 1. The lowest BCUT2D eigenvalue weighted by Crippen LogP contribution is -2.15. The van der Waals surface area contributed by atoms with Gasteiger partial charge in [0.1, 0.15) is 11.3 Å². The van der Waals surface area contributed by atoms with Crippen molar-refractivity contribution in [3.8, 4) is 5.75 Å². The number of nitrogens with one attached hydrogen (secondary N) is 1. The van der Waals surface area contributed by atoms with Crippen LogP contribution in [-0.2, 0) is 9.53 Å². The molecule has 0 saturated carbocycles. The van der Waals surface area contributed by atoms with Gasteiger partial charge in [0.05, 0.1) is 13.0 Å². The molecule has 1 aliphatic rings. The Bertz CT molecular complexity index is 925. The molecule has 140 valence electrons. The Morgan fingerprint density at radius 3 is 2.67 bits per heavy atom. The van der Waals surface area contributed by atoms with Crippen molar-refractivity contribution in [3.63, 3.8) is 0 Å². The number of rotatable bonds is 6. The van der Waals surface area contributed by atoms with Gasteiger partial charge in [-0.25, -0.2) is 4.79 Å². The summed E-state index contributed by atoms with van der Waals surface area (Å²) in [5.41, 5.74) is 2.14. The Morgan fingerprint density at radius 1 is 1.19 bits per heavy atom. The summed E-state index contributed by atoms with van der Waals surface area (Å²) in [5.74, 6) is -0.969. The Labute approximate surface area is 161 Å². The molecule has 1 amide bonds.